The highest BCUT2D eigenvalue weighted by atomic mass is 127. The van der Waals surface area contributed by atoms with Gasteiger partial charge in [-0.15, -0.1) is 0 Å². The molecule has 1 aromatic carbocycles. The summed E-state index contributed by atoms with van der Waals surface area (Å²) in [6.45, 7) is 2.11. The number of carbonyl (C=O) groups excluding carboxylic acids is 1. The fraction of sp³-hybridized carbons (Fsp3) is 0.316. The van der Waals surface area contributed by atoms with Crippen molar-refractivity contribution < 1.29 is 4.79 Å². The fourth-order valence-electron chi connectivity index (χ4n) is 1.90. The van der Waals surface area contributed by atoms with Crippen molar-refractivity contribution in [3.8, 4) is 21.7 Å². The summed E-state index contributed by atoms with van der Waals surface area (Å²) in [7, 11) is 0. The van der Waals surface area contributed by atoms with Crippen LogP contribution in [0.2, 0.25) is 0 Å². The molecule has 0 spiro atoms. The van der Waals surface area contributed by atoms with Gasteiger partial charge >= 0.3 is 0 Å². The number of unbranched alkanes of at least 4 members (excludes halogenated alkanes) is 3. The maximum atomic E-state index is 11.1. The maximum absolute atomic E-state index is 11.1. The summed E-state index contributed by atoms with van der Waals surface area (Å²) >= 11 is 2.05. The Balaban J connectivity index is 2.64. The van der Waals surface area contributed by atoms with Gasteiger partial charge in [-0.3, -0.25) is 4.79 Å². The molecule has 0 bridgehead atoms. The quantitative estimate of drug-likeness (QED) is 0.224. The lowest BCUT2D eigenvalue weighted by molar-refractivity contribution is -0.104. The molecule has 0 unspecified atom stereocenters. The van der Waals surface area contributed by atoms with Crippen molar-refractivity contribution >= 4 is 35.0 Å². The average Bonchev–Trinajstić information content (AvgIpc) is 2.53. The average molecular weight is 390 g/mol. The highest BCUT2D eigenvalue weighted by Gasteiger charge is 1.97. The van der Waals surface area contributed by atoms with E-state index in [0.29, 0.717) is 5.57 Å². The summed E-state index contributed by atoms with van der Waals surface area (Å²) in [5.74, 6) is 9.06. The number of carbonyl (C=O) groups is 1. The zero-order chi connectivity index (χ0) is 15.3. The molecule has 108 valence electrons. The van der Waals surface area contributed by atoms with Gasteiger partial charge in [0.1, 0.15) is 0 Å². The first kappa shape index (κ1) is 17.5. The van der Waals surface area contributed by atoms with Crippen LogP contribution in [0.3, 0.4) is 0 Å². The van der Waals surface area contributed by atoms with Crippen molar-refractivity contribution in [2.75, 3.05) is 0 Å². The Bertz CT molecular complexity index is 606. The molecule has 0 saturated heterocycles. The molecule has 0 atom stereocenters. The van der Waals surface area contributed by atoms with E-state index in [1.807, 2.05) is 24.3 Å². The van der Waals surface area contributed by atoms with Crippen LogP contribution in [0.4, 0.5) is 0 Å². The number of rotatable bonds is 6. The monoisotopic (exact) mass is 390 g/mol. The molecule has 1 nitrogen and oxygen atoms in total. The lowest BCUT2D eigenvalue weighted by Gasteiger charge is -2.02. The van der Waals surface area contributed by atoms with Gasteiger partial charge in [-0.05, 0) is 40.4 Å². The summed E-state index contributed by atoms with van der Waals surface area (Å²) in [4.78, 5) is 11.1. The maximum Gasteiger partial charge on any atom is 0.158 e. The Morgan fingerprint density at radius 3 is 2.57 bits per heavy atom. The van der Waals surface area contributed by atoms with Crippen LogP contribution in [-0.2, 0) is 11.2 Å². The minimum absolute atomic E-state index is 0.544. The Morgan fingerprint density at radius 1 is 1.19 bits per heavy atom. The van der Waals surface area contributed by atoms with Crippen LogP contribution in [0.5, 0.6) is 0 Å². The van der Waals surface area contributed by atoms with Crippen molar-refractivity contribution in [3.63, 3.8) is 0 Å². The fourth-order valence-corrected chi connectivity index (χ4v) is 2.17. The first-order chi connectivity index (χ1) is 10.3. The highest BCUT2D eigenvalue weighted by molar-refractivity contribution is 14.1. The second kappa shape index (κ2) is 11.2. The second-order valence-corrected chi connectivity index (χ2v) is 5.09. The van der Waals surface area contributed by atoms with Gasteiger partial charge in [-0.25, -0.2) is 0 Å². The molecule has 0 fully saturated rings. The summed E-state index contributed by atoms with van der Waals surface area (Å²) in [6.07, 6.45) is 7.47. The van der Waals surface area contributed by atoms with Gasteiger partial charge in [0.15, 0.2) is 6.29 Å². The molecule has 0 amide bonds. The molecule has 1 rings (SSSR count). The number of hydrogen-bond acceptors (Lipinski definition) is 1. The summed E-state index contributed by atoms with van der Waals surface area (Å²) < 4.78 is 2.85. The van der Waals surface area contributed by atoms with E-state index in [0.717, 1.165) is 44.0 Å². The molecule has 0 aliphatic heterocycles. The minimum Gasteiger partial charge on any atom is -0.297 e. The predicted octanol–water partition coefficient (Wildman–Crippen LogP) is 4.79. The molecule has 0 saturated carbocycles. The van der Waals surface area contributed by atoms with Gasteiger partial charge in [0.2, 0.25) is 0 Å². The van der Waals surface area contributed by atoms with Gasteiger partial charge in [0, 0.05) is 35.4 Å². The molecule has 1 aromatic rings. The van der Waals surface area contributed by atoms with Crippen LogP contribution >= 0.6 is 22.6 Å². The molecule has 2 heteroatoms. The number of aryl methyl sites for hydroxylation is 1. The summed E-state index contributed by atoms with van der Waals surface area (Å²) in [6, 6.07) is 8.10. The lowest BCUT2D eigenvalue weighted by Crippen LogP contribution is -1.88. The van der Waals surface area contributed by atoms with Crippen molar-refractivity contribution in [2.45, 2.75) is 39.0 Å². The molecule has 0 radical (unpaired) electrons. The SMILES string of the molecule is CCc1ccccc1/C=C(\C#CCCCCC#CI)C=O. The van der Waals surface area contributed by atoms with Crippen molar-refractivity contribution in [1.29, 1.82) is 0 Å². The third-order valence-corrected chi connectivity index (χ3v) is 3.41. The van der Waals surface area contributed by atoms with E-state index in [4.69, 9.17) is 0 Å². The topological polar surface area (TPSA) is 17.1 Å². The molecule has 0 N–H and O–H groups in total. The van der Waals surface area contributed by atoms with Gasteiger partial charge < -0.3 is 0 Å². The Hall–Kier alpha value is -1.52. The van der Waals surface area contributed by atoms with Crippen LogP contribution < -0.4 is 0 Å². The highest BCUT2D eigenvalue weighted by Crippen LogP contribution is 2.13. The van der Waals surface area contributed by atoms with Crippen LogP contribution in [0, 0.1) is 21.7 Å². The molecular weight excluding hydrogens is 371 g/mol. The molecular formula is C19H19IO. The van der Waals surface area contributed by atoms with Gasteiger partial charge in [0.05, 0.1) is 5.57 Å². The van der Waals surface area contributed by atoms with Gasteiger partial charge in [0.25, 0.3) is 0 Å². The Labute approximate surface area is 141 Å². The van der Waals surface area contributed by atoms with Crippen LogP contribution in [-0.4, -0.2) is 6.29 Å². The van der Waals surface area contributed by atoms with E-state index in [2.05, 4.69) is 57.3 Å². The van der Waals surface area contributed by atoms with Crippen LogP contribution in [0.25, 0.3) is 6.08 Å². The summed E-state index contributed by atoms with van der Waals surface area (Å²) in [5, 5.41) is 0. The van der Waals surface area contributed by atoms with E-state index >= 15 is 0 Å². The number of benzene rings is 1. The van der Waals surface area contributed by atoms with Crippen LogP contribution in [0.1, 0.15) is 43.7 Å². The first-order valence-electron chi connectivity index (χ1n) is 7.14. The first-order valence-corrected chi connectivity index (χ1v) is 8.21. The van der Waals surface area contributed by atoms with Crippen molar-refractivity contribution in [3.05, 3.63) is 41.0 Å². The smallest absolute Gasteiger partial charge is 0.158 e. The Kier molecular flexibility index (Phi) is 9.33. The number of allylic oxidation sites excluding steroid dienone is 1. The van der Waals surface area contributed by atoms with Gasteiger partial charge in [-0.1, -0.05) is 49.0 Å². The van der Waals surface area contributed by atoms with E-state index in [1.165, 1.54) is 5.56 Å². The molecule has 0 aliphatic carbocycles. The summed E-state index contributed by atoms with van der Waals surface area (Å²) in [5.41, 5.74) is 2.85. The van der Waals surface area contributed by atoms with Crippen LogP contribution in [0.15, 0.2) is 29.8 Å². The van der Waals surface area contributed by atoms with E-state index < -0.39 is 0 Å². The third kappa shape index (κ3) is 7.16. The normalized spacial score (nSPS) is 10.1. The zero-order valence-electron chi connectivity index (χ0n) is 12.3. The van der Waals surface area contributed by atoms with Gasteiger partial charge in [-0.2, -0.15) is 0 Å². The number of aldehydes is 1. The van der Waals surface area contributed by atoms with E-state index in [-0.39, 0.29) is 0 Å². The van der Waals surface area contributed by atoms with Crippen molar-refractivity contribution in [1.82, 2.24) is 0 Å². The second-order valence-electron chi connectivity index (χ2n) is 4.55. The van der Waals surface area contributed by atoms with Crippen molar-refractivity contribution in [2.24, 2.45) is 0 Å². The predicted molar refractivity (Wildman–Crippen MR) is 97.9 cm³/mol. The molecule has 21 heavy (non-hydrogen) atoms. The third-order valence-electron chi connectivity index (χ3n) is 3.03. The molecule has 0 heterocycles. The minimum atomic E-state index is 0.544. The standard InChI is InChI=1S/C19H19IO/c1-2-18-12-8-9-13-19(18)15-17(16-21)11-7-5-3-4-6-10-14-20/h8-9,12-13,15-16H,2-6H2,1H3/b17-15+. The van der Waals surface area contributed by atoms with E-state index in [1.54, 1.807) is 0 Å². The lowest BCUT2D eigenvalue weighted by atomic mass is 10.0. The number of halogens is 1. The number of hydrogen-bond donors (Lipinski definition) is 0. The molecule has 0 aliphatic rings. The van der Waals surface area contributed by atoms with E-state index in [9.17, 15) is 4.79 Å². The zero-order valence-corrected chi connectivity index (χ0v) is 14.4. The molecule has 0 aromatic heterocycles. The largest absolute Gasteiger partial charge is 0.297 e. The Morgan fingerprint density at radius 2 is 1.90 bits per heavy atom.